The Labute approximate surface area is 113 Å². The lowest BCUT2D eigenvalue weighted by molar-refractivity contribution is 0.187. The largest absolute Gasteiger partial charge is 0.387 e. The summed E-state index contributed by atoms with van der Waals surface area (Å²) < 4.78 is 2.20. The maximum atomic E-state index is 9.82. The second-order valence-corrected chi connectivity index (χ2v) is 5.51. The number of aryl methyl sites for hydroxylation is 1. The number of benzene rings is 1. The van der Waals surface area contributed by atoms with Crippen LogP contribution in [-0.4, -0.2) is 21.2 Å². The number of rotatable bonds is 3. The van der Waals surface area contributed by atoms with Crippen LogP contribution in [0.25, 0.3) is 11.0 Å². The molecule has 0 spiro atoms. The van der Waals surface area contributed by atoms with Gasteiger partial charge in [-0.05, 0) is 30.5 Å². The Morgan fingerprint density at radius 3 is 2.84 bits per heavy atom. The third kappa shape index (κ3) is 2.15. The van der Waals surface area contributed by atoms with Crippen molar-refractivity contribution in [2.45, 2.75) is 37.7 Å². The second-order valence-electron chi connectivity index (χ2n) is 5.51. The molecule has 1 fully saturated rings. The highest BCUT2D eigenvalue weighted by atomic mass is 16.3. The summed E-state index contributed by atoms with van der Waals surface area (Å²) in [6, 6.07) is 5.94. The van der Waals surface area contributed by atoms with Gasteiger partial charge in [-0.3, -0.25) is 0 Å². The van der Waals surface area contributed by atoms with Crippen LogP contribution in [0.15, 0.2) is 18.2 Å². The number of imidazole rings is 1. The Morgan fingerprint density at radius 1 is 1.42 bits per heavy atom. The number of aliphatic hydroxyl groups is 1. The summed E-state index contributed by atoms with van der Waals surface area (Å²) in [6.07, 6.45) is 4.52. The lowest BCUT2D eigenvalue weighted by atomic mass is 10.1. The molecule has 0 saturated heterocycles. The molecule has 0 aliphatic heterocycles. The first-order valence-corrected chi connectivity index (χ1v) is 7.05. The van der Waals surface area contributed by atoms with Gasteiger partial charge in [0.2, 0.25) is 0 Å². The Hall–Kier alpha value is -1.39. The van der Waals surface area contributed by atoms with Crippen molar-refractivity contribution in [2.24, 2.45) is 12.8 Å². The summed E-state index contributed by atoms with van der Waals surface area (Å²) in [5.74, 6) is 1.78. The minimum atomic E-state index is -0.596. The lowest BCUT2D eigenvalue weighted by Crippen LogP contribution is -2.11. The average Bonchev–Trinajstić information content (AvgIpc) is 3.05. The minimum Gasteiger partial charge on any atom is -0.387 e. The van der Waals surface area contributed by atoms with Crippen LogP contribution in [0.2, 0.25) is 0 Å². The van der Waals surface area contributed by atoms with Crippen molar-refractivity contribution in [2.75, 3.05) is 6.54 Å². The third-order valence-electron chi connectivity index (χ3n) is 4.27. The van der Waals surface area contributed by atoms with Gasteiger partial charge in [-0.1, -0.05) is 18.9 Å². The minimum absolute atomic E-state index is 0.244. The fourth-order valence-corrected chi connectivity index (χ4v) is 3.13. The third-order valence-corrected chi connectivity index (χ3v) is 4.27. The highest BCUT2D eigenvalue weighted by Crippen LogP contribution is 2.35. The van der Waals surface area contributed by atoms with E-state index in [0.29, 0.717) is 5.92 Å². The SMILES string of the molecule is Cn1c(C2CCCC2)nc2cc(C(O)CN)ccc21. The van der Waals surface area contributed by atoms with Crippen molar-refractivity contribution in [1.82, 2.24) is 9.55 Å². The van der Waals surface area contributed by atoms with Gasteiger partial charge >= 0.3 is 0 Å². The number of nitrogens with zero attached hydrogens (tertiary/aromatic N) is 2. The Morgan fingerprint density at radius 2 is 2.16 bits per heavy atom. The van der Waals surface area contributed by atoms with Crippen LogP contribution in [0.1, 0.15) is 49.1 Å². The molecular weight excluding hydrogens is 238 g/mol. The Kier molecular flexibility index (Phi) is 3.29. The molecule has 4 nitrogen and oxygen atoms in total. The molecule has 1 aromatic carbocycles. The summed E-state index contributed by atoms with van der Waals surface area (Å²) >= 11 is 0. The molecule has 4 heteroatoms. The fraction of sp³-hybridized carbons (Fsp3) is 0.533. The quantitative estimate of drug-likeness (QED) is 0.888. The zero-order valence-corrected chi connectivity index (χ0v) is 11.3. The van der Waals surface area contributed by atoms with Gasteiger partial charge in [-0.15, -0.1) is 0 Å². The van der Waals surface area contributed by atoms with Gasteiger partial charge < -0.3 is 15.4 Å². The molecule has 1 aromatic heterocycles. The van der Waals surface area contributed by atoms with Crippen molar-refractivity contribution in [3.8, 4) is 0 Å². The number of aromatic nitrogens is 2. The molecule has 3 rings (SSSR count). The molecule has 0 bridgehead atoms. The number of hydrogen-bond donors (Lipinski definition) is 2. The summed E-state index contributed by atoms with van der Waals surface area (Å²) in [5, 5.41) is 9.82. The maximum Gasteiger partial charge on any atom is 0.112 e. The standard InChI is InChI=1S/C15H21N3O/c1-18-13-7-6-11(14(19)9-16)8-12(13)17-15(18)10-4-2-3-5-10/h6-8,10,14,19H,2-5,9,16H2,1H3. The molecule has 1 aliphatic carbocycles. The first-order chi connectivity index (χ1) is 9.20. The van der Waals surface area contributed by atoms with E-state index in [-0.39, 0.29) is 6.54 Å². The zero-order valence-electron chi connectivity index (χ0n) is 11.3. The number of nitrogens with two attached hydrogens (primary N) is 1. The Bertz CT molecular complexity index is 584. The molecular formula is C15H21N3O. The zero-order chi connectivity index (χ0) is 13.4. The van der Waals surface area contributed by atoms with Crippen LogP contribution < -0.4 is 5.73 Å². The summed E-state index contributed by atoms with van der Waals surface area (Å²) in [5.41, 5.74) is 8.46. The lowest BCUT2D eigenvalue weighted by Gasteiger charge is -2.09. The van der Waals surface area contributed by atoms with E-state index in [4.69, 9.17) is 10.7 Å². The second kappa shape index (κ2) is 4.94. The van der Waals surface area contributed by atoms with Crippen LogP contribution in [0, 0.1) is 0 Å². The molecule has 0 radical (unpaired) electrons. The van der Waals surface area contributed by atoms with E-state index < -0.39 is 6.10 Å². The van der Waals surface area contributed by atoms with Crippen LogP contribution in [-0.2, 0) is 7.05 Å². The summed E-state index contributed by atoms with van der Waals surface area (Å²) in [6.45, 7) is 0.244. The smallest absolute Gasteiger partial charge is 0.112 e. The number of hydrogen-bond acceptors (Lipinski definition) is 3. The van der Waals surface area contributed by atoms with Crippen molar-refractivity contribution in [3.63, 3.8) is 0 Å². The van der Waals surface area contributed by atoms with Crippen LogP contribution in [0.5, 0.6) is 0 Å². The molecule has 1 aliphatic rings. The molecule has 3 N–H and O–H groups in total. The predicted molar refractivity (Wildman–Crippen MR) is 75.9 cm³/mol. The van der Waals surface area contributed by atoms with Gasteiger partial charge in [0.05, 0.1) is 17.1 Å². The highest BCUT2D eigenvalue weighted by Gasteiger charge is 2.22. The molecule has 102 valence electrons. The van der Waals surface area contributed by atoms with E-state index in [2.05, 4.69) is 11.6 Å². The highest BCUT2D eigenvalue weighted by molar-refractivity contribution is 5.77. The summed E-state index contributed by atoms with van der Waals surface area (Å²) in [4.78, 5) is 4.78. The van der Waals surface area contributed by atoms with E-state index in [1.807, 2.05) is 18.2 Å². The van der Waals surface area contributed by atoms with E-state index in [0.717, 1.165) is 16.6 Å². The van der Waals surface area contributed by atoms with Gasteiger partial charge in [-0.2, -0.15) is 0 Å². The van der Waals surface area contributed by atoms with Crippen LogP contribution in [0.3, 0.4) is 0 Å². The molecule has 1 atom stereocenters. The number of fused-ring (bicyclic) bond motifs is 1. The van der Waals surface area contributed by atoms with Crippen molar-refractivity contribution in [1.29, 1.82) is 0 Å². The molecule has 1 saturated carbocycles. The number of aliphatic hydroxyl groups excluding tert-OH is 1. The van der Waals surface area contributed by atoms with Crippen molar-refractivity contribution >= 4 is 11.0 Å². The fourth-order valence-electron chi connectivity index (χ4n) is 3.13. The van der Waals surface area contributed by atoms with E-state index in [1.165, 1.54) is 31.5 Å². The van der Waals surface area contributed by atoms with Gasteiger partial charge in [0, 0.05) is 19.5 Å². The Balaban J connectivity index is 2.04. The molecule has 0 amide bonds. The topological polar surface area (TPSA) is 64.1 Å². The summed E-state index contributed by atoms with van der Waals surface area (Å²) in [7, 11) is 2.09. The van der Waals surface area contributed by atoms with E-state index in [9.17, 15) is 5.11 Å². The van der Waals surface area contributed by atoms with Crippen molar-refractivity contribution in [3.05, 3.63) is 29.6 Å². The van der Waals surface area contributed by atoms with E-state index in [1.54, 1.807) is 0 Å². The van der Waals surface area contributed by atoms with Gasteiger partial charge in [0.25, 0.3) is 0 Å². The van der Waals surface area contributed by atoms with E-state index >= 15 is 0 Å². The van der Waals surface area contributed by atoms with Gasteiger partial charge in [0.15, 0.2) is 0 Å². The first-order valence-electron chi connectivity index (χ1n) is 7.05. The predicted octanol–water partition coefficient (Wildman–Crippen LogP) is 2.22. The van der Waals surface area contributed by atoms with Gasteiger partial charge in [0.1, 0.15) is 5.82 Å². The van der Waals surface area contributed by atoms with Crippen LogP contribution in [0.4, 0.5) is 0 Å². The molecule has 19 heavy (non-hydrogen) atoms. The van der Waals surface area contributed by atoms with Crippen LogP contribution >= 0.6 is 0 Å². The average molecular weight is 259 g/mol. The molecule has 1 unspecified atom stereocenters. The van der Waals surface area contributed by atoms with Crippen molar-refractivity contribution < 1.29 is 5.11 Å². The maximum absolute atomic E-state index is 9.82. The monoisotopic (exact) mass is 259 g/mol. The van der Waals surface area contributed by atoms with Gasteiger partial charge in [-0.25, -0.2) is 4.98 Å². The molecule has 1 heterocycles. The molecule has 2 aromatic rings. The first kappa shape index (κ1) is 12.6. The normalized spacial score (nSPS) is 18.3.